The molecule has 0 aromatic heterocycles. The number of hydrogen-bond donors (Lipinski definition) is 1. The van der Waals surface area contributed by atoms with Gasteiger partial charge in [-0.25, -0.2) is 0 Å². The molecule has 0 saturated heterocycles. The Morgan fingerprint density at radius 3 is 2.77 bits per heavy atom. The molecule has 0 radical (unpaired) electrons. The van der Waals surface area contributed by atoms with E-state index in [-0.39, 0.29) is 0 Å². The van der Waals surface area contributed by atoms with Gasteiger partial charge in [-0.15, -0.1) is 6.58 Å². The van der Waals surface area contributed by atoms with Crippen molar-refractivity contribution in [3.05, 3.63) is 12.2 Å². The fraction of sp³-hybridized carbons (Fsp3) is 0.818. The molecule has 1 aliphatic rings. The van der Waals surface area contributed by atoms with E-state index in [0.717, 1.165) is 19.6 Å². The van der Waals surface area contributed by atoms with Crippen molar-refractivity contribution in [1.82, 2.24) is 5.32 Å². The second kappa shape index (κ2) is 5.40. The average Bonchev–Trinajstić information content (AvgIpc) is 1.99. The van der Waals surface area contributed by atoms with Crippen LogP contribution in [0, 0.1) is 0 Å². The van der Waals surface area contributed by atoms with Crippen LogP contribution in [0.5, 0.6) is 0 Å². The van der Waals surface area contributed by atoms with Crippen molar-refractivity contribution in [2.45, 2.75) is 45.3 Å². The highest BCUT2D eigenvalue weighted by Crippen LogP contribution is 2.22. The molecule has 0 aliphatic heterocycles. The molecule has 1 saturated carbocycles. The Morgan fingerprint density at radius 1 is 1.54 bits per heavy atom. The zero-order valence-electron chi connectivity index (χ0n) is 8.81. The smallest absolute Gasteiger partial charge is 0.0604 e. The molecule has 0 amide bonds. The zero-order valence-corrected chi connectivity index (χ0v) is 8.81. The Morgan fingerprint density at radius 2 is 2.23 bits per heavy atom. The molecule has 0 atom stereocenters. The van der Waals surface area contributed by atoms with Crippen LogP contribution in [-0.4, -0.2) is 25.3 Å². The summed E-state index contributed by atoms with van der Waals surface area (Å²) in [5.74, 6) is 0. The Bertz CT molecular complexity index is 161. The Hall–Kier alpha value is -0.340. The molecule has 0 spiro atoms. The Labute approximate surface area is 81.4 Å². The molecule has 1 aliphatic carbocycles. The molecule has 1 rings (SSSR count). The van der Waals surface area contributed by atoms with Gasteiger partial charge in [-0.05, 0) is 39.7 Å². The first-order valence-electron chi connectivity index (χ1n) is 5.21. The minimum atomic E-state index is 0.521. The maximum Gasteiger partial charge on any atom is 0.0604 e. The van der Waals surface area contributed by atoms with Gasteiger partial charge in [-0.2, -0.15) is 0 Å². The largest absolute Gasteiger partial charge is 0.378 e. The van der Waals surface area contributed by atoms with Crippen LogP contribution in [0.1, 0.15) is 33.1 Å². The van der Waals surface area contributed by atoms with E-state index < -0.39 is 0 Å². The van der Waals surface area contributed by atoms with E-state index in [2.05, 4.69) is 25.7 Å². The standard InChI is InChI=1S/C11H21NO/c1-4-13-11-7-10(8-11)12-6-5-9(2)3/h10-12H,2,4-8H2,1,3H3. The van der Waals surface area contributed by atoms with Gasteiger partial charge in [0, 0.05) is 12.6 Å². The molecule has 0 heterocycles. The van der Waals surface area contributed by atoms with Crippen LogP contribution in [-0.2, 0) is 4.74 Å². The summed E-state index contributed by atoms with van der Waals surface area (Å²) < 4.78 is 5.48. The van der Waals surface area contributed by atoms with Gasteiger partial charge in [0.05, 0.1) is 6.10 Å². The van der Waals surface area contributed by atoms with Crippen LogP contribution in [0.15, 0.2) is 12.2 Å². The first-order chi connectivity index (χ1) is 6.22. The van der Waals surface area contributed by atoms with Crippen molar-refractivity contribution in [1.29, 1.82) is 0 Å². The highest BCUT2D eigenvalue weighted by atomic mass is 16.5. The van der Waals surface area contributed by atoms with Crippen LogP contribution in [0.25, 0.3) is 0 Å². The Balaban J connectivity index is 1.93. The summed E-state index contributed by atoms with van der Waals surface area (Å²) in [4.78, 5) is 0. The topological polar surface area (TPSA) is 21.3 Å². The van der Waals surface area contributed by atoms with Gasteiger partial charge in [0.2, 0.25) is 0 Å². The summed E-state index contributed by atoms with van der Waals surface area (Å²) in [5.41, 5.74) is 1.26. The molecule has 0 unspecified atom stereocenters. The maximum absolute atomic E-state index is 5.48. The minimum absolute atomic E-state index is 0.521. The molecular formula is C11H21NO. The summed E-state index contributed by atoms with van der Waals surface area (Å²) in [7, 11) is 0. The number of ether oxygens (including phenoxy) is 1. The monoisotopic (exact) mass is 183 g/mol. The second-order valence-corrected chi connectivity index (χ2v) is 3.91. The van der Waals surface area contributed by atoms with Crippen molar-refractivity contribution in [3.63, 3.8) is 0 Å². The lowest BCUT2D eigenvalue weighted by molar-refractivity contribution is -0.00960. The van der Waals surface area contributed by atoms with Crippen molar-refractivity contribution < 1.29 is 4.74 Å². The summed E-state index contributed by atoms with van der Waals surface area (Å²) in [6, 6.07) is 0.691. The SMILES string of the molecule is C=C(C)CCNC1CC(OCC)C1. The normalized spacial score (nSPS) is 26.9. The molecule has 0 aromatic rings. The van der Waals surface area contributed by atoms with E-state index in [4.69, 9.17) is 4.74 Å². The van der Waals surface area contributed by atoms with E-state index in [1.54, 1.807) is 0 Å². The molecule has 13 heavy (non-hydrogen) atoms. The quantitative estimate of drug-likeness (QED) is 0.637. The highest BCUT2D eigenvalue weighted by molar-refractivity contribution is 4.91. The average molecular weight is 183 g/mol. The van der Waals surface area contributed by atoms with E-state index in [1.807, 2.05) is 0 Å². The number of nitrogens with one attached hydrogen (secondary N) is 1. The van der Waals surface area contributed by atoms with Crippen LogP contribution in [0.2, 0.25) is 0 Å². The van der Waals surface area contributed by atoms with Crippen molar-refractivity contribution in [2.75, 3.05) is 13.2 Å². The lowest BCUT2D eigenvalue weighted by Gasteiger charge is -2.35. The van der Waals surface area contributed by atoms with E-state index in [0.29, 0.717) is 12.1 Å². The van der Waals surface area contributed by atoms with Gasteiger partial charge in [-0.1, -0.05) is 5.57 Å². The van der Waals surface area contributed by atoms with Crippen LogP contribution >= 0.6 is 0 Å². The summed E-state index contributed by atoms with van der Waals surface area (Å²) in [6.45, 7) is 9.93. The van der Waals surface area contributed by atoms with Crippen LogP contribution in [0.4, 0.5) is 0 Å². The van der Waals surface area contributed by atoms with Gasteiger partial charge in [0.1, 0.15) is 0 Å². The first kappa shape index (κ1) is 10.7. The van der Waals surface area contributed by atoms with Gasteiger partial charge >= 0.3 is 0 Å². The zero-order chi connectivity index (χ0) is 9.68. The Kier molecular flexibility index (Phi) is 4.46. The molecule has 0 bridgehead atoms. The predicted octanol–water partition coefficient (Wildman–Crippen LogP) is 2.11. The molecule has 2 nitrogen and oxygen atoms in total. The fourth-order valence-electron chi connectivity index (χ4n) is 1.59. The van der Waals surface area contributed by atoms with Crippen LogP contribution in [0.3, 0.4) is 0 Å². The fourth-order valence-corrected chi connectivity index (χ4v) is 1.59. The second-order valence-electron chi connectivity index (χ2n) is 3.91. The van der Waals surface area contributed by atoms with Gasteiger partial charge in [-0.3, -0.25) is 0 Å². The van der Waals surface area contributed by atoms with Gasteiger partial charge < -0.3 is 10.1 Å². The minimum Gasteiger partial charge on any atom is -0.378 e. The molecule has 1 N–H and O–H groups in total. The van der Waals surface area contributed by atoms with E-state index in [1.165, 1.54) is 18.4 Å². The summed E-state index contributed by atoms with van der Waals surface area (Å²) >= 11 is 0. The molecule has 1 fully saturated rings. The van der Waals surface area contributed by atoms with E-state index in [9.17, 15) is 0 Å². The van der Waals surface area contributed by atoms with Crippen molar-refractivity contribution >= 4 is 0 Å². The first-order valence-corrected chi connectivity index (χ1v) is 5.21. The summed E-state index contributed by atoms with van der Waals surface area (Å²) in [6.07, 6.45) is 3.98. The molecular weight excluding hydrogens is 162 g/mol. The molecule has 0 aromatic carbocycles. The van der Waals surface area contributed by atoms with Crippen molar-refractivity contribution in [2.24, 2.45) is 0 Å². The molecule has 2 heteroatoms. The molecule has 76 valence electrons. The van der Waals surface area contributed by atoms with E-state index >= 15 is 0 Å². The lowest BCUT2D eigenvalue weighted by atomic mass is 9.89. The number of hydrogen-bond acceptors (Lipinski definition) is 2. The lowest BCUT2D eigenvalue weighted by Crippen LogP contribution is -2.45. The predicted molar refractivity (Wildman–Crippen MR) is 55.9 cm³/mol. The van der Waals surface area contributed by atoms with Gasteiger partial charge in [0.25, 0.3) is 0 Å². The van der Waals surface area contributed by atoms with Gasteiger partial charge in [0.15, 0.2) is 0 Å². The summed E-state index contributed by atoms with van der Waals surface area (Å²) in [5, 5.41) is 3.50. The number of rotatable bonds is 6. The third-order valence-electron chi connectivity index (χ3n) is 2.48. The van der Waals surface area contributed by atoms with Crippen molar-refractivity contribution in [3.8, 4) is 0 Å². The maximum atomic E-state index is 5.48. The third kappa shape index (κ3) is 3.92. The van der Waals surface area contributed by atoms with Crippen LogP contribution < -0.4 is 5.32 Å². The third-order valence-corrected chi connectivity index (χ3v) is 2.48. The highest BCUT2D eigenvalue weighted by Gasteiger charge is 2.28.